The Hall–Kier alpha value is -3.09. The van der Waals surface area contributed by atoms with E-state index in [1.165, 1.54) is 11.1 Å². The highest BCUT2D eigenvalue weighted by Gasteiger charge is 2.54. The first kappa shape index (κ1) is 27.1. The van der Waals surface area contributed by atoms with Crippen LogP contribution in [0, 0.1) is 11.8 Å². The number of rotatable bonds is 9. The number of aromatic nitrogens is 1. The summed E-state index contributed by atoms with van der Waals surface area (Å²) in [6, 6.07) is 20.2. The van der Waals surface area contributed by atoms with Gasteiger partial charge in [0.1, 0.15) is 11.3 Å². The van der Waals surface area contributed by atoms with Crippen LogP contribution in [0.2, 0.25) is 5.02 Å². The second kappa shape index (κ2) is 11.1. The predicted octanol–water partition coefficient (Wildman–Crippen LogP) is 8.36. The van der Waals surface area contributed by atoms with Gasteiger partial charge in [-0.25, -0.2) is 4.79 Å². The van der Waals surface area contributed by atoms with Gasteiger partial charge in [-0.05, 0) is 103 Å². The van der Waals surface area contributed by atoms with Gasteiger partial charge in [0.15, 0.2) is 0 Å². The quantitative estimate of drug-likeness (QED) is 0.210. The van der Waals surface area contributed by atoms with Crippen LogP contribution < -0.4 is 10.1 Å². The number of hydrogen-bond donors (Lipinski definition) is 2. The number of nitrogens with zero attached hydrogens (tertiary/aromatic N) is 1. The summed E-state index contributed by atoms with van der Waals surface area (Å²) < 4.78 is 7.51. The molecule has 2 aliphatic carbocycles. The number of carboxylic acid groups (broad SMARTS) is 1. The fraction of sp³-hybridized carbons (Fsp3) is 0.394. The molecule has 0 unspecified atom stereocenters. The average molecular weight is 575 g/mol. The highest BCUT2D eigenvalue weighted by atomic mass is 35.5. The molecule has 4 aromatic rings. The molecule has 0 aliphatic heterocycles. The summed E-state index contributed by atoms with van der Waals surface area (Å²) >= 11 is 7.88. The summed E-state index contributed by atoms with van der Waals surface area (Å²) in [6.45, 7) is 2.92. The lowest BCUT2D eigenvalue weighted by Gasteiger charge is -2.47. The molecule has 0 amide bonds. The van der Waals surface area contributed by atoms with Crippen molar-refractivity contribution in [2.75, 3.05) is 11.9 Å². The number of nitrogens with one attached hydrogen (secondary N) is 1. The predicted molar refractivity (Wildman–Crippen MR) is 163 cm³/mol. The molecule has 2 heterocycles. The molecular weight excluding hydrogens is 540 g/mol. The Kier molecular flexibility index (Phi) is 7.49. The molecule has 5 nitrogen and oxygen atoms in total. The van der Waals surface area contributed by atoms with E-state index in [2.05, 4.69) is 46.9 Å². The average Bonchev–Trinajstić information content (AvgIpc) is 3.56. The van der Waals surface area contributed by atoms with Crippen LogP contribution in [0.1, 0.15) is 56.6 Å². The van der Waals surface area contributed by atoms with E-state index in [0.29, 0.717) is 36.3 Å². The highest BCUT2D eigenvalue weighted by Crippen LogP contribution is 2.56. The van der Waals surface area contributed by atoms with Crippen molar-refractivity contribution in [1.82, 2.24) is 4.98 Å². The molecule has 0 saturated heterocycles. The first-order valence-corrected chi connectivity index (χ1v) is 15.5. The minimum atomic E-state index is -1.00. The first-order chi connectivity index (χ1) is 19.4. The summed E-state index contributed by atoms with van der Waals surface area (Å²) in [7, 11) is 0. The number of aliphatic carboxylic acids is 1. The maximum Gasteiger partial charge on any atom is 0.329 e. The Morgan fingerprint density at radius 1 is 1.15 bits per heavy atom. The normalized spacial score (nSPS) is 24.6. The van der Waals surface area contributed by atoms with Crippen LogP contribution in [0.3, 0.4) is 0 Å². The molecule has 2 N–H and O–H groups in total. The molecule has 1 saturated carbocycles. The smallest absolute Gasteiger partial charge is 0.329 e. The van der Waals surface area contributed by atoms with E-state index < -0.39 is 11.5 Å². The van der Waals surface area contributed by atoms with Gasteiger partial charge >= 0.3 is 5.97 Å². The van der Waals surface area contributed by atoms with E-state index in [9.17, 15) is 9.90 Å². The molecule has 2 aromatic carbocycles. The second-order valence-corrected chi connectivity index (χ2v) is 12.9. The summed E-state index contributed by atoms with van der Waals surface area (Å²) in [5.41, 5.74) is 3.56. The van der Waals surface area contributed by atoms with Gasteiger partial charge in [-0.2, -0.15) is 0 Å². The van der Waals surface area contributed by atoms with Gasteiger partial charge in [0.2, 0.25) is 0 Å². The lowest BCUT2D eigenvalue weighted by atomic mass is 9.59. The Labute approximate surface area is 244 Å². The van der Waals surface area contributed by atoms with Crippen LogP contribution in [0.25, 0.3) is 10.2 Å². The maximum absolute atomic E-state index is 12.7. The summed E-state index contributed by atoms with van der Waals surface area (Å²) in [5, 5.41) is 16.4. The minimum Gasteiger partial charge on any atom is -0.492 e. The zero-order valence-corrected chi connectivity index (χ0v) is 24.3. The molecule has 2 aromatic heterocycles. The lowest BCUT2D eigenvalue weighted by molar-refractivity contribution is -0.144. The molecule has 1 fully saturated rings. The number of hydrogen-bond acceptors (Lipinski definition) is 5. The molecule has 7 heteroatoms. The third-order valence-electron chi connectivity index (χ3n) is 9.39. The van der Waals surface area contributed by atoms with Gasteiger partial charge in [0.25, 0.3) is 0 Å². The maximum atomic E-state index is 12.7. The zero-order valence-electron chi connectivity index (χ0n) is 22.7. The number of anilines is 1. The fourth-order valence-corrected chi connectivity index (χ4v) is 8.14. The van der Waals surface area contributed by atoms with Crippen molar-refractivity contribution in [3.05, 3.63) is 88.4 Å². The van der Waals surface area contributed by atoms with E-state index in [4.69, 9.17) is 16.3 Å². The molecule has 2 aliphatic rings. The van der Waals surface area contributed by atoms with Crippen molar-refractivity contribution in [3.8, 4) is 5.75 Å². The van der Waals surface area contributed by atoms with E-state index in [1.54, 1.807) is 11.3 Å². The Morgan fingerprint density at radius 2 is 1.98 bits per heavy atom. The summed E-state index contributed by atoms with van der Waals surface area (Å²) in [6.07, 6.45) is 7.78. The van der Waals surface area contributed by atoms with Crippen molar-refractivity contribution < 1.29 is 14.6 Å². The van der Waals surface area contributed by atoms with Crippen molar-refractivity contribution in [3.63, 3.8) is 0 Å². The zero-order chi connectivity index (χ0) is 27.7. The third-order valence-corrected chi connectivity index (χ3v) is 10.5. The standard InChI is InChI=1S/C33H35ClN2O3S/c1-2-22(21-39-29-10-16-35-28-11-17-40-30(28)29)18-24-19-23-6-3-4-9-27(23)32(24)12-14-33(15-13-32,31(37)38)36-26-8-5-7-25(34)20-26/h3-11,16-17,20,22,24,36H,2,12-15,18-19,21H2,1H3,(H,37,38)/t22-,24+,32?,33?/m1/s1. The molecule has 40 heavy (non-hydrogen) atoms. The van der Waals surface area contributed by atoms with Crippen LogP contribution >= 0.6 is 22.9 Å². The molecule has 2 atom stereocenters. The molecule has 0 bridgehead atoms. The van der Waals surface area contributed by atoms with E-state index in [1.807, 2.05) is 42.6 Å². The number of pyridine rings is 1. The number of carbonyl (C=O) groups is 1. The number of fused-ring (bicyclic) bond motifs is 3. The van der Waals surface area contributed by atoms with E-state index >= 15 is 0 Å². The monoisotopic (exact) mass is 574 g/mol. The molecule has 6 rings (SSSR count). The van der Waals surface area contributed by atoms with Crippen LogP contribution in [-0.4, -0.2) is 28.2 Å². The van der Waals surface area contributed by atoms with Crippen molar-refractivity contribution in [2.24, 2.45) is 11.8 Å². The number of halogens is 1. The van der Waals surface area contributed by atoms with Crippen LogP contribution in [0.4, 0.5) is 5.69 Å². The Morgan fingerprint density at radius 3 is 2.75 bits per heavy atom. The molecule has 208 valence electrons. The molecule has 0 radical (unpaired) electrons. The third kappa shape index (κ3) is 4.97. The number of benzene rings is 2. The summed E-state index contributed by atoms with van der Waals surface area (Å²) in [4.78, 5) is 17.1. The van der Waals surface area contributed by atoms with Gasteiger partial charge in [-0.1, -0.05) is 55.3 Å². The molecular formula is C33H35ClN2O3S. The highest BCUT2D eigenvalue weighted by molar-refractivity contribution is 7.17. The van der Waals surface area contributed by atoms with Gasteiger partial charge in [0.05, 0.1) is 16.8 Å². The largest absolute Gasteiger partial charge is 0.492 e. The fourth-order valence-electron chi connectivity index (χ4n) is 7.13. The van der Waals surface area contributed by atoms with Crippen LogP contribution in [-0.2, 0) is 16.6 Å². The van der Waals surface area contributed by atoms with Crippen LogP contribution in [0.5, 0.6) is 5.75 Å². The Bertz CT molecular complexity index is 1510. The number of ether oxygens (including phenoxy) is 1. The number of thiophene rings is 1. The summed E-state index contributed by atoms with van der Waals surface area (Å²) in [5.74, 6) is 0.992. The second-order valence-electron chi connectivity index (χ2n) is 11.5. The van der Waals surface area contributed by atoms with Crippen LogP contribution in [0.15, 0.2) is 72.2 Å². The van der Waals surface area contributed by atoms with E-state index in [0.717, 1.165) is 53.8 Å². The topological polar surface area (TPSA) is 71.5 Å². The molecule has 1 spiro atoms. The lowest BCUT2D eigenvalue weighted by Crippen LogP contribution is -2.53. The van der Waals surface area contributed by atoms with Gasteiger partial charge in [0, 0.05) is 16.9 Å². The SMILES string of the molecule is CC[C@@H](COc1ccnc2ccsc12)C[C@H]1Cc2ccccc2C12CCC(Nc1cccc(Cl)c1)(C(=O)O)CC2. The van der Waals surface area contributed by atoms with Crippen molar-refractivity contribution >= 4 is 44.8 Å². The minimum absolute atomic E-state index is 0.0172. The van der Waals surface area contributed by atoms with Gasteiger partial charge in [-0.3, -0.25) is 4.98 Å². The van der Waals surface area contributed by atoms with Gasteiger partial charge < -0.3 is 15.2 Å². The number of carboxylic acids is 1. The Balaban J connectivity index is 1.22. The van der Waals surface area contributed by atoms with Gasteiger partial charge in [-0.15, -0.1) is 11.3 Å². The van der Waals surface area contributed by atoms with E-state index in [-0.39, 0.29) is 5.41 Å². The van der Waals surface area contributed by atoms with Crippen molar-refractivity contribution in [1.29, 1.82) is 0 Å². The first-order valence-electron chi connectivity index (χ1n) is 14.2. The van der Waals surface area contributed by atoms with Crippen molar-refractivity contribution in [2.45, 2.75) is 62.8 Å².